The third kappa shape index (κ3) is 4.87. The van der Waals surface area contributed by atoms with E-state index in [-0.39, 0.29) is 23.7 Å². The van der Waals surface area contributed by atoms with Crippen molar-refractivity contribution in [3.05, 3.63) is 34.9 Å². The van der Waals surface area contributed by atoms with E-state index < -0.39 is 11.9 Å². The van der Waals surface area contributed by atoms with Crippen molar-refractivity contribution in [2.45, 2.75) is 39.2 Å². The quantitative estimate of drug-likeness (QED) is 0.664. The molecular formula is C16H20O6. The number of rotatable bonds is 5. The van der Waals surface area contributed by atoms with Gasteiger partial charge in [0.1, 0.15) is 6.61 Å². The molecule has 1 aromatic carbocycles. The van der Waals surface area contributed by atoms with E-state index in [9.17, 15) is 14.4 Å². The zero-order valence-corrected chi connectivity index (χ0v) is 12.8. The topological polar surface area (TPSA) is 89.9 Å². The number of fused-ring (bicyclic) bond motifs is 1. The summed E-state index contributed by atoms with van der Waals surface area (Å²) < 4.78 is 9.17. The molecule has 0 aliphatic carbocycles. The highest BCUT2D eigenvalue weighted by atomic mass is 16.5. The van der Waals surface area contributed by atoms with Crippen LogP contribution in [0.5, 0.6) is 0 Å². The first kappa shape index (κ1) is 17.7. The molecule has 1 aliphatic rings. The van der Waals surface area contributed by atoms with Gasteiger partial charge in [-0.3, -0.25) is 4.79 Å². The lowest BCUT2D eigenvalue weighted by atomic mass is 10.0. The Morgan fingerprint density at radius 1 is 1.32 bits per heavy atom. The Morgan fingerprint density at radius 2 is 2.05 bits per heavy atom. The highest BCUT2D eigenvalue weighted by Gasteiger charge is 2.26. The van der Waals surface area contributed by atoms with Crippen LogP contribution < -0.4 is 0 Å². The molecule has 120 valence electrons. The number of carbonyl (C=O) groups is 3. The number of unbranched alkanes of at least 4 members (excludes halogenated alkanes) is 2. The molecule has 1 N–H and O–H groups in total. The number of carboxylic acid groups (broad SMARTS) is 1. The number of hydrogen-bond donors (Lipinski definition) is 1. The maximum atomic E-state index is 11.1. The lowest BCUT2D eigenvalue weighted by Crippen LogP contribution is -2.05. The zero-order chi connectivity index (χ0) is 16.5. The summed E-state index contributed by atoms with van der Waals surface area (Å²) in [5.74, 6) is -1.74. The number of hydrogen-bond acceptors (Lipinski definition) is 5. The van der Waals surface area contributed by atoms with Crippen molar-refractivity contribution in [2.24, 2.45) is 0 Å². The number of aromatic carboxylic acids is 1. The summed E-state index contributed by atoms with van der Waals surface area (Å²) >= 11 is 0. The standard InChI is InChI=1S/C9H6O4.C7H14O2/c10-8(11)6-3-1-2-5-4-13-9(12)7(5)6;1-3-4-5-6-7(8)9-2/h1-3H,4H2,(H,10,11);3-6H2,1-2H3. The van der Waals surface area contributed by atoms with Crippen molar-refractivity contribution in [1.29, 1.82) is 0 Å². The summed E-state index contributed by atoms with van der Waals surface area (Å²) in [6.07, 6.45) is 3.81. The van der Waals surface area contributed by atoms with Gasteiger partial charge in [0, 0.05) is 12.0 Å². The summed E-state index contributed by atoms with van der Waals surface area (Å²) in [6.45, 7) is 2.28. The molecule has 0 bridgehead atoms. The van der Waals surface area contributed by atoms with Gasteiger partial charge in [0.25, 0.3) is 0 Å². The van der Waals surface area contributed by atoms with Crippen LogP contribution in [0.4, 0.5) is 0 Å². The van der Waals surface area contributed by atoms with Gasteiger partial charge in [0.15, 0.2) is 0 Å². The average molecular weight is 308 g/mol. The SMILES string of the molecule is CCCCCC(=O)OC.O=C(O)c1cccc2c1C(=O)OC2. The third-order valence-corrected chi connectivity index (χ3v) is 3.16. The molecule has 0 atom stereocenters. The molecule has 0 aromatic heterocycles. The predicted molar refractivity (Wildman–Crippen MR) is 78.7 cm³/mol. The Labute approximate surface area is 129 Å². The second kappa shape index (κ2) is 8.81. The van der Waals surface area contributed by atoms with E-state index in [1.54, 1.807) is 12.1 Å². The largest absolute Gasteiger partial charge is 0.478 e. The van der Waals surface area contributed by atoms with Gasteiger partial charge in [-0.2, -0.15) is 0 Å². The second-order valence-corrected chi connectivity index (χ2v) is 4.75. The fourth-order valence-corrected chi connectivity index (χ4v) is 1.98. The van der Waals surface area contributed by atoms with Crippen molar-refractivity contribution in [3.63, 3.8) is 0 Å². The van der Waals surface area contributed by atoms with Crippen LogP contribution in [0.15, 0.2) is 18.2 Å². The lowest BCUT2D eigenvalue weighted by molar-refractivity contribution is -0.140. The van der Waals surface area contributed by atoms with E-state index >= 15 is 0 Å². The maximum absolute atomic E-state index is 11.1. The van der Waals surface area contributed by atoms with E-state index in [1.807, 2.05) is 0 Å². The first-order valence-corrected chi connectivity index (χ1v) is 7.10. The number of ether oxygens (including phenoxy) is 2. The normalized spacial score (nSPS) is 11.8. The Morgan fingerprint density at radius 3 is 2.64 bits per heavy atom. The summed E-state index contributed by atoms with van der Waals surface area (Å²) in [4.78, 5) is 32.3. The second-order valence-electron chi connectivity index (χ2n) is 4.75. The van der Waals surface area contributed by atoms with Crippen molar-refractivity contribution in [1.82, 2.24) is 0 Å². The minimum absolute atomic E-state index is 0.0139. The molecule has 0 saturated carbocycles. The van der Waals surface area contributed by atoms with Crippen LogP contribution in [-0.2, 0) is 20.9 Å². The minimum Gasteiger partial charge on any atom is -0.478 e. The van der Waals surface area contributed by atoms with Gasteiger partial charge >= 0.3 is 17.9 Å². The van der Waals surface area contributed by atoms with Crippen LogP contribution in [0.2, 0.25) is 0 Å². The van der Waals surface area contributed by atoms with Gasteiger partial charge < -0.3 is 14.6 Å². The number of esters is 2. The van der Waals surface area contributed by atoms with Crippen molar-refractivity contribution < 1.29 is 29.0 Å². The first-order chi connectivity index (χ1) is 10.5. The number of carbonyl (C=O) groups excluding carboxylic acids is 2. The summed E-state index contributed by atoms with van der Waals surface area (Å²) in [5.41, 5.74) is 0.847. The molecule has 0 spiro atoms. The van der Waals surface area contributed by atoms with Crippen molar-refractivity contribution in [2.75, 3.05) is 7.11 Å². The molecule has 0 radical (unpaired) electrons. The zero-order valence-electron chi connectivity index (χ0n) is 12.8. The molecular weight excluding hydrogens is 288 g/mol. The van der Waals surface area contributed by atoms with E-state index in [4.69, 9.17) is 9.84 Å². The fourth-order valence-electron chi connectivity index (χ4n) is 1.98. The van der Waals surface area contributed by atoms with Crippen LogP contribution in [0.3, 0.4) is 0 Å². The molecule has 0 unspecified atom stereocenters. The van der Waals surface area contributed by atoms with Gasteiger partial charge in [-0.25, -0.2) is 9.59 Å². The predicted octanol–water partition coefficient (Wildman–Crippen LogP) is 2.79. The molecule has 6 nitrogen and oxygen atoms in total. The van der Waals surface area contributed by atoms with Gasteiger partial charge in [-0.05, 0) is 12.5 Å². The van der Waals surface area contributed by atoms with Crippen LogP contribution in [0.25, 0.3) is 0 Å². The van der Waals surface area contributed by atoms with Crippen LogP contribution in [0.1, 0.15) is 58.9 Å². The molecule has 0 fully saturated rings. The lowest BCUT2D eigenvalue weighted by Gasteiger charge is -1.98. The highest BCUT2D eigenvalue weighted by molar-refractivity contribution is 6.04. The van der Waals surface area contributed by atoms with Gasteiger partial charge in [0.2, 0.25) is 0 Å². The minimum atomic E-state index is -1.10. The number of carboxylic acids is 1. The fraction of sp³-hybridized carbons (Fsp3) is 0.438. The summed E-state index contributed by atoms with van der Waals surface area (Å²) in [6, 6.07) is 4.69. The Hall–Kier alpha value is -2.37. The smallest absolute Gasteiger partial charge is 0.339 e. The molecule has 0 amide bonds. The third-order valence-electron chi connectivity index (χ3n) is 3.16. The van der Waals surface area contributed by atoms with E-state index in [2.05, 4.69) is 11.7 Å². The molecule has 6 heteroatoms. The van der Waals surface area contributed by atoms with Gasteiger partial charge in [-0.15, -0.1) is 0 Å². The number of cyclic esters (lactones) is 1. The average Bonchev–Trinajstić information content (AvgIpc) is 2.89. The summed E-state index contributed by atoms with van der Waals surface area (Å²) in [5, 5.41) is 8.76. The van der Waals surface area contributed by atoms with Crippen LogP contribution in [-0.4, -0.2) is 30.1 Å². The van der Waals surface area contributed by atoms with E-state index in [0.29, 0.717) is 12.0 Å². The summed E-state index contributed by atoms with van der Waals surface area (Å²) in [7, 11) is 1.42. The molecule has 1 aliphatic heterocycles. The van der Waals surface area contributed by atoms with Crippen LogP contribution in [0, 0.1) is 0 Å². The van der Waals surface area contributed by atoms with Crippen molar-refractivity contribution >= 4 is 17.9 Å². The molecule has 0 saturated heterocycles. The Bertz CT molecular complexity index is 550. The number of benzene rings is 1. The highest BCUT2D eigenvalue weighted by Crippen LogP contribution is 2.23. The maximum Gasteiger partial charge on any atom is 0.339 e. The molecule has 2 rings (SSSR count). The monoisotopic (exact) mass is 308 g/mol. The molecule has 1 aromatic rings. The molecule has 22 heavy (non-hydrogen) atoms. The van der Waals surface area contributed by atoms with Crippen LogP contribution >= 0.6 is 0 Å². The van der Waals surface area contributed by atoms with Gasteiger partial charge in [-0.1, -0.05) is 31.9 Å². The number of methoxy groups -OCH3 is 1. The Balaban J connectivity index is 0.000000239. The first-order valence-electron chi connectivity index (χ1n) is 7.10. The van der Waals surface area contributed by atoms with Gasteiger partial charge in [0.05, 0.1) is 18.2 Å². The van der Waals surface area contributed by atoms with E-state index in [1.165, 1.54) is 13.2 Å². The van der Waals surface area contributed by atoms with Crippen molar-refractivity contribution in [3.8, 4) is 0 Å². The Kier molecular flexibility index (Phi) is 7.08. The van der Waals surface area contributed by atoms with E-state index in [0.717, 1.165) is 19.3 Å². The molecule has 1 heterocycles.